The van der Waals surface area contributed by atoms with E-state index in [4.69, 9.17) is 10.00 Å². The fourth-order valence-electron chi connectivity index (χ4n) is 3.15. The highest BCUT2D eigenvalue weighted by atomic mass is 19.1. The van der Waals surface area contributed by atoms with Crippen molar-refractivity contribution < 1.29 is 19.0 Å². The maximum atomic E-state index is 13.1. The molecule has 0 aromatic heterocycles. The Morgan fingerprint density at radius 3 is 2.81 bits per heavy atom. The second kappa shape index (κ2) is 7.54. The Balaban J connectivity index is 1.64. The van der Waals surface area contributed by atoms with Crippen LogP contribution >= 0.6 is 0 Å². The maximum absolute atomic E-state index is 13.1. The Hall–Kier alpha value is -2.91. The largest absolute Gasteiger partial charge is 0.479 e. The third kappa shape index (κ3) is 4.01. The summed E-state index contributed by atoms with van der Waals surface area (Å²) in [6, 6.07) is 14.7. The van der Waals surface area contributed by atoms with Crippen molar-refractivity contribution in [1.29, 1.82) is 5.26 Å². The van der Waals surface area contributed by atoms with Crippen LogP contribution in [0, 0.1) is 17.1 Å². The summed E-state index contributed by atoms with van der Waals surface area (Å²) in [5.41, 5.74) is 0.241. The minimum atomic E-state index is -1.15. The normalized spacial score (nSPS) is 19.2. The molecule has 2 aromatic carbocycles. The third-order valence-electron chi connectivity index (χ3n) is 4.54. The molecule has 3 rings (SSSR count). The number of hydrogen-bond acceptors (Lipinski definition) is 4. The minimum Gasteiger partial charge on any atom is -0.479 e. The lowest BCUT2D eigenvalue weighted by Gasteiger charge is -2.24. The number of halogens is 1. The molecule has 0 radical (unpaired) electrons. The molecule has 1 N–H and O–H groups in total. The molecule has 1 aliphatic heterocycles. The highest BCUT2D eigenvalue weighted by Crippen LogP contribution is 2.32. The summed E-state index contributed by atoms with van der Waals surface area (Å²) < 4.78 is 18.3. The summed E-state index contributed by atoms with van der Waals surface area (Å²) in [6.45, 7) is 0.577. The Morgan fingerprint density at radius 1 is 1.31 bits per heavy atom. The van der Waals surface area contributed by atoms with Crippen LogP contribution in [0.2, 0.25) is 0 Å². The molecule has 0 aliphatic carbocycles. The number of hydrogen-bond donors (Lipinski definition) is 1. The molecule has 1 unspecified atom stereocenters. The standard InChI is InChI=1S/C20H19FN2O3/c21-17-6-4-16(5-7-17)20(25)8-10-23(14-20)19(24)13-15-2-1-3-18(12-15)26-11-9-22/h1-7,12,25H,8,10-11,13-14H2. The number of rotatable bonds is 5. The number of likely N-dealkylation sites (tertiary alicyclic amines) is 1. The van der Waals surface area contributed by atoms with Gasteiger partial charge in [0.1, 0.15) is 23.2 Å². The molecule has 1 amide bonds. The van der Waals surface area contributed by atoms with Crippen molar-refractivity contribution in [2.75, 3.05) is 19.7 Å². The molecular formula is C20H19FN2O3. The van der Waals surface area contributed by atoms with E-state index in [-0.39, 0.29) is 31.3 Å². The molecule has 5 nitrogen and oxygen atoms in total. The van der Waals surface area contributed by atoms with Gasteiger partial charge < -0.3 is 14.7 Å². The van der Waals surface area contributed by atoms with Crippen molar-refractivity contribution in [2.24, 2.45) is 0 Å². The average Bonchev–Trinajstić information content (AvgIpc) is 3.04. The summed E-state index contributed by atoms with van der Waals surface area (Å²) in [6.07, 6.45) is 0.596. The van der Waals surface area contributed by atoms with Gasteiger partial charge in [-0.2, -0.15) is 5.26 Å². The fourth-order valence-corrected chi connectivity index (χ4v) is 3.15. The summed E-state index contributed by atoms with van der Waals surface area (Å²) >= 11 is 0. The van der Waals surface area contributed by atoms with Crippen LogP contribution in [-0.4, -0.2) is 35.6 Å². The number of carbonyl (C=O) groups excluding carboxylic acids is 1. The smallest absolute Gasteiger partial charge is 0.227 e. The Labute approximate surface area is 151 Å². The van der Waals surface area contributed by atoms with Gasteiger partial charge in [-0.25, -0.2) is 4.39 Å². The van der Waals surface area contributed by atoms with Gasteiger partial charge >= 0.3 is 0 Å². The van der Waals surface area contributed by atoms with E-state index < -0.39 is 5.60 Å². The van der Waals surface area contributed by atoms with Crippen LogP contribution in [0.15, 0.2) is 48.5 Å². The van der Waals surface area contributed by atoms with Gasteiger partial charge in [0.05, 0.1) is 13.0 Å². The molecule has 0 bridgehead atoms. The fraction of sp³-hybridized carbons (Fsp3) is 0.300. The zero-order chi connectivity index (χ0) is 18.6. The van der Waals surface area contributed by atoms with E-state index in [9.17, 15) is 14.3 Å². The van der Waals surface area contributed by atoms with Gasteiger partial charge in [-0.1, -0.05) is 24.3 Å². The zero-order valence-corrected chi connectivity index (χ0v) is 14.2. The van der Waals surface area contributed by atoms with Crippen molar-refractivity contribution >= 4 is 5.91 Å². The van der Waals surface area contributed by atoms with Crippen LogP contribution in [-0.2, 0) is 16.8 Å². The molecule has 1 aliphatic rings. The van der Waals surface area contributed by atoms with Gasteiger partial charge in [-0.3, -0.25) is 4.79 Å². The van der Waals surface area contributed by atoms with Crippen LogP contribution in [0.5, 0.6) is 5.75 Å². The predicted octanol–water partition coefficient (Wildman–Crippen LogP) is 2.39. The average molecular weight is 354 g/mol. The van der Waals surface area contributed by atoms with E-state index in [1.807, 2.05) is 12.1 Å². The van der Waals surface area contributed by atoms with Crippen molar-refractivity contribution in [3.8, 4) is 11.8 Å². The van der Waals surface area contributed by atoms with Crippen LogP contribution in [0.1, 0.15) is 17.5 Å². The van der Waals surface area contributed by atoms with Crippen molar-refractivity contribution in [3.63, 3.8) is 0 Å². The quantitative estimate of drug-likeness (QED) is 0.895. The SMILES string of the molecule is N#CCOc1cccc(CC(=O)N2CCC(O)(c3ccc(F)cc3)C2)c1. The predicted molar refractivity (Wildman–Crippen MR) is 92.7 cm³/mol. The molecular weight excluding hydrogens is 335 g/mol. The summed E-state index contributed by atoms with van der Waals surface area (Å²) in [5.74, 6) is 0.0864. The lowest BCUT2D eigenvalue weighted by molar-refractivity contribution is -0.130. The zero-order valence-electron chi connectivity index (χ0n) is 14.2. The van der Waals surface area contributed by atoms with Crippen LogP contribution in [0.3, 0.4) is 0 Å². The van der Waals surface area contributed by atoms with Crippen molar-refractivity contribution in [3.05, 3.63) is 65.5 Å². The monoisotopic (exact) mass is 354 g/mol. The second-order valence-electron chi connectivity index (χ2n) is 6.37. The third-order valence-corrected chi connectivity index (χ3v) is 4.54. The highest BCUT2D eigenvalue weighted by molar-refractivity contribution is 5.79. The number of β-amino-alcohol motifs (C(OH)–C–C–N with tert-alkyl or cyclic N) is 1. The molecule has 0 spiro atoms. The number of carbonyl (C=O) groups is 1. The first-order chi connectivity index (χ1) is 12.5. The lowest BCUT2D eigenvalue weighted by atomic mass is 9.93. The van der Waals surface area contributed by atoms with Gasteiger partial charge in [-0.05, 0) is 41.8 Å². The van der Waals surface area contributed by atoms with Crippen LogP contribution < -0.4 is 4.74 Å². The van der Waals surface area contributed by atoms with Crippen molar-refractivity contribution in [2.45, 2.75) is 18.4 Å². The van der Waals surface area contributed by atoms with Gasteiger partial charge in [0.2, 0.25) is 5.91 Å². The maximum Gasteiger partial charge on any atom is 0.227 e. The summed E-state index contributed by atoms with van der Waals surface area (Å²) in [5, 5.41) is 19.4. The summed E-state index contributed by atoms with van der Waals surface area (Å²) in [7, 11) is 0. The molecule has 26 heavy (non-hydrogen) atoms. The van der Waals surface area contributed by atoms with E-state index in [1.54, 1.807) is 35.2 Å². The molecule has 1 fully saturated rings. The number of benzene rings is 2. The number of nitrogens with zero attached hydrogens (tertiary/aromatic N) is 2. The Kier molecular flexibility index (Phi) is 5.19. The van der Waals surface area contributed by atoms with Gasteiger partial charge in [0.25, 0.3) is 0 Å². The molecule has 134 valence electrons. The number of amides is 1. The Morgan fingerprint density at radius 2 is 2.08 bits per heavy atom. The molecule has 2 aromatic rings. The second-order valence-corrected chi connectivity index (χ2v) is 6.37. The van der Waals surface area contributed by atoms with Gasteiger partial charge in [-0.15, -0.1) is 0 Å². The first-order valence-corrected chi connectivity index (χ1v) is 8.35. The number of nitriles is 1. The molecule has 1 saturated heterocycles. The van der Waals surface area contributed by atoms with Gasteiger partial charge in [0, 0.05) is 6.54 Å². The first kappa shape index (κ1) is 17.9. The number of ether oxygens (including phenoxy) is 1. The van der Waals surface area contributed by atoms with Crippen LogP contribution in [0.25, 0.3) is 0 Å². The van der Waals surface area contributed by atoms with Crippen LogP contribution in [0.4, 0.5) is 4.39 Å². The van der Waals surface area contributed by atoms with E-state index in [2.05, 4.69) is 0 Å². The van der Waals surface area contributed by atoms with E-state index in [1.165, 1.54) is 12.1 Å². The van der Waals surface area contributed by atoms with Crippen molar-refractivity contribution in [1.82, 2.24) is 4.90 Å². The molecule has 0 saturated carbocycles. The summed E-state index contributed by atoms with van der Waals surface area (Å²) in [4.78, 5) is 14.2. The molecule has 1 atom stereocenters. The molecule has 1 heterocycles. The highest BCUT2D eigenvalue weighted by Gasteiger charge is 2.39. The van der Waals surface area contributed by atoms with E-state index in [0.717, 1.165) is 5.56 Å². The van der Waals surface area contributed by atoms with E-state index in [0.29, 0.717) is 24.3 Å². The number of aliphatic hydroxyl groups is 1. The Bertz CT molecular complexity index is 832. The van der Waals surface area contributed by atoms with Gasteiger partial charge in [0.15, 0.2) is 6.61 Å². The minimum absolute atomic E-state index is 0.0474. The first-order valence-electron chi connectivity index (χ1n) is 8.35. The lowest BCUT2D eigenvalue weighted by Crippen LogP contribution is -2.35. The topological polar surface area (TPSA) is 73.6 Å². The van der Waals surface area contributed by atoms with E-state index >= 15 is 0 Å². The molecule has 6 heteroatoms.